The molecule has 0 bridgehead atoms. The Morgan fingerprint density at radius 3 is 2.62 bits per heavy atom. The summed E-state index contributed by atoms with van der Waals surface area (Å²) in [5.74, 6) is 0.932. The third kappa shape index (κ3) is 2.44. The Kier molecular flexibility index (Phi) is 3.74. The van der Waals surface area contributed by atoms with Gasteiger partial charge in [-0.15, -0.1) is 0 Å². The SMILES string of the molecule is CCCc1ccc(OC)c[n+]1CC. The first-order chi connectivity index (χ1) is 6.31. The quantitative estimate of drug-likeness (QED) is 0.645. The van der Waals surface area contributed by atoms with E-state index in [-0.39, 0.29) is 0 Å². The molecular formula is C11H18NO+. The molecule has 0 radical (unpaired) electrons. The molecule has 13 heavy (non-hydrogen) atoms. The third-order valence-electron chi connectivity index (χ3n) is 2.17. The van der Waals surface area contributed by atoms with Crippen LogP contribution >= 0.6 is 0 Å². The Morgan fingerprint density at radius 1 is 1.31 bits per heavy atom. The van der Waals surface area contributed by atoms with Crippen LogP contribution in [0.4, 0.5) is 0 Å². The van der Waals surface area contributed by atoms with E-state index in [2.05, 4.69) is 30.7 Å². The average molecular weight is 180 g/mol. The fourth-order valence-electron chi connectivity index (χ4n) is 1.45. The molecule has 0 spiro atoms. The molecule has 0 aliphatic heterocycles. The van der Waals surface area contributed by atoms with Crippen LogP contribution in [0.1, 0.15) is 26.0 Å². The molecule has 1 heterocycles. The minimum Gasteiger partial charge on any atom is -0.491 e. The second-order valence-corrected chi connectivity index (χ2v) is 3.10. The summed E-state index contributed by atoms with van der Waals surface area (Å²) in [4.78, 5) is 0. The lowest BCUT2D eigenvalue weighted by molar-refractivity contribution is -0.701. The van der Waals surface area contributed by atoms with E-state index in [0.717, 1.165) is 18.7 Å². The van der Waals surface area contributed by atoms with Crippen LogP contribution in [0.5, 0.6) is 5.75 Å². The Morgan fingerprint density at radius 2 is 2.08 bits per heavy atom. The van der Waals surface area contributed by atoms with Crippen LogP contribution in [0.25, 0.3) is 0 Å². The van der Waals surface area contributed by atoms with Crippen molar-refractivity contribution in [2.75, 3.05) is 7.11 Å². The molecule has 0 saturated carbocycles. The number of hydrogen-bond donors (Lipinski definition) is 0. The maximum absolute atomic E-state index is 5.17. The fraction of sp³-hybridized carbons (Fsp3) is 0.545. The van der Waals surface area contributed by atoms with Gasteiger partial charge in [0, 0.05) is 12.5 Å². The monoisotopic (exact) mass is 180 g/mol. The van der Waals surface area contributed by atoms with Gasteiger partial charge in [-0.2, -0.15) is 4.57 Å². The van der Waals surface area contributed by atoms with E-state index in [4.69, 9.17) is 4.74 Å². The van der Waals surface area contributed by atoms with Crippen LogP contribution in [0.2, 0.25) is 0 Å². The number of ether oxygens (including phenoxy) is 1. The molecule has 0 atom stereocenters. The third-order valence-corrected chi connectivity index (χ3v) is 2.17. The van der Waals surface area contributed by atoms with Crippen molar-refractivity contribution in [3.05, 3.63) is 24.0 Å². The van der Waals surface area contributed by atoms with Crippen molar-refractivity contribution in [2.45, 2.75) is 33.2 Å². The van der Waals surface area contributed by atoms with Gasteiger partial charge in [0.1, 0.15) is 6.54 Å². The number of aryl methyl sites for hydroxylation is 2. The summed E-state index contributed by atoms with van der Waals surface area (Å²) in [5.41, 5.74) is 1.38. The zero-order valence-corrected chi connectivity index (χ0v) is 8.71. The molecule has 0 aliphatic carbocycles. The lowest BCUT2D eigenvalue weighted by atomic mass is 10.2. The highest BCUT2D eigenvalue weighted by molar-refractivity contribution is 5.15. The van der Waals surface area contributed by atoms with Gasteiger partial charge in [-0.1, -0.05) is 6.92 Å². The van der Waals surface area contributed by atoms with E-state index in [0.29, 0.717) is 0 Å². The molecule has 0 aliphatic rings. The summed E-state index contributed by atoms with van der Waals surface area (Å²) in [5, 5.41) is 0. The predicted molar refractivity (Wildman–Crippen MR) is 52.9 cm³/mol. The van der Waals surface area contributed by atoms with Gasteiger partial charge in [0.2, 0.25) is 6.20 Å². The van der Waals surface area contributed by atoms with Gasteiger partial charge in [-0.3, -0.25) is 0 Å². The Labute approximate surface area is 80.2 Å². The highest BCUT2D eigenvalue weighted by Gasteiger charge is 2.08. The van der Waals surface area contributed by atoms with E-state index in [1.165, 1.54) is 12.1 Å². The molecule has 72 valence electrons. The number of aromatic nitrogens is 1. The maximum Gasteiger partial charge on any atom is 0.211 e. The normalized spacial score (nSPS) is 10.1. The molecule has 0 fully saturated rings. The predicted octanol–water partition coefficient (Wildman–Crippen LogP) is 1.96. The van der Waals surface area contributed by atoms with Crippen molar-refractivity contribution >= 4 is 0 Å². The van der Waals surface area contributed by atoms with Crippen LogP contribution in [0.15, 0.2) is 18.3 Å². The molecule has 0 N–H and O–H groups in total. The average Bonchev–Trinajstić information content (AvgIpc) is 2.19. The molecule has 1 aromatic rings. The summed E-state index contributed by atoms with van der Waals surface area (Å²) < 4.78 is 7.41. The second kappa shape index (κ2) is 4.85. The number of pyridine rings is 1. The molecule has 2 nitrogen and oxygen atoms in total. The van der Waals surface area contributed by atoms with E-state index in [9.17, 15) is 0 Å². The van der Waals surface area contributed by atoms with E-state index in [1.807, 2.05) is 6.07 Å². The van der Waals surface area contributed by atoms with Crippen molar-refractivity contribution in [3.8, 4) is 5.75 Å². The van der Waals surface area contributed by atoms with Crippen molar-refractivity contribution in [1.29, 1.82) is 0 Å². The van der Waals surface area contributed by atoms with Gasteiger partial charge in [0.25, 0.3) is 0 Å². The fourth-order valence-corrected chi connectivity index (χ4v) is 1.45. The summed E-state index contributed by atoms with van der Waals surface area (Å²) in [6.07, 6.45) is 4.38. The maximum atomic E-state index is 5.17. The highest BCUT2D eigenvalue weighted by Crippen LogP contribution is 2.07. The van der Waals surface area contributed by atoms with Gasteiger partial charge >= 0.3 is 0 Å². The number of methoxy groups -OCH3 is 1. The lowest BCUT2D eigenvalue weighted by Gasteiger charge is -2.02. The number of hydrogen-bond acceptors (Lipinski definition) is 1. The van der Waals surface area contributed by atoms with Crippen molar-refractivity contribution in [3.63, 3.8) is 0 Å². The molecular weight excluding hydrogens is 162 g/mol. The minimum atomic E-state index is 0.932. The summed E-state index contributed by atoms with van der Waals surface area (Å²) in [7, 11) is 1.70. The van der Waals surface area contributed by atoms with Gasteiger partial charge < -0.3 is 4.74 Å². The van der Waals surface area contributed by atoms with E-state index in [1.54, 1.807) is 7.11 Å². The van der Waals surface area contributed by atoms with E-state index < -0.39 is 0 Å². The molecule has 1 aromatic heterocycles. The van der Waals surface area contributed by atoms with Crippen molar-refractivity contribution in [2.24, 2.45) is 0 Å². The van der Waals surface area contributed by atoms with Crippen LogP contribution < -0.4 is 9.30 Å². The largest absolute Gasteiger partial charge is 0.491 e. The van der Waals surface area contributed by atoms with Gasteiger partial charge in [-0.05, 0) is 19.4 Å². The Balaban J connectivity index is 2.93. The minimum absolute atomic E-state index is 0.932. The number of nitrogens with zero attached hydrogens (tertiary/aromatic N) is 1. The summed E-state index contributed by atoms with van der Waals surface area (Å²) in [6, 6.07) is 4.17. The lowest BCUT2D eigenvalue weighted by Crippen LogP contribution is -2.36. The van der Waals surface area contributed by atoms with Crippen LogP contribution in [0.3, 0.4) is 0 Å². The molecule has 1 rings (SSSR count). The molecule has 2 heteroatoms. The summed E-state index contributed by atoms with van der Waals surface area (Å²) >= 11 is 0. The molecule has 0 aromatic carbocycles. The van der Waals surface area contributed by atoms with Gasteiger partial charge in [-0.25, -0.2) is 0 Å². The molecule has 0 amide bonds. The first-order valence-electron chi connectivity index (χ1n) is 4.88. The topological polar surface area (TPSA) is 13.1 Å². The zero-order valence-electron chi connectivity index (χ0n) is 8.71. The van der Waals surface area contributed by atoms with E-state index >= 15 is 0 Å². The Hall–Kier alpha value is -1.05. The van der Waals surface area contributed by atoms with Crippen LogP contribution in [0, 0.1) is 0 Å². The zero-order chi connectivity index (χ0) is 9.68. The van der Waals surface area contributed by atoms with Crippen molar-refractivity contribution < 1.29 is 9.30 Å². The van der Waals surface area contributed by atoms with Gasteiger partial charge in [0.15, 0.2) is 11.4 Å². The first kappa shape index (κ1) is 10.0. The van der Waals surface area contributed by atoms with Crippen molar-refractivity contribution in [1.82, 2.24) is 0 Å². The number of rotatable bonds is 4. The highest BCUT2D eigenvalue weighted by atomic mass is 16.5. The second-order valence-electron chi connectivity index (χ2n) is 3.10. The van der Waals surface area contributed by atoms with Crippen LogP contribution in [-0.2, 0) is 13.0 Å². The Bertz CT molecular complexity index is 271. The smallest absolute Gasteiger partial charge is 0.211 e. The van der Waals surface area contributed by atoms with Gasteiger partial charge in [0.05, 0.1) is 7.11 Å². The molecule has 0 unspecified atom stereocenters. The standard InChI is InChI=1S/C11H18NO/c1-4-6-10-7-8-11(13-3)9-12(10)5-2/h7-9H,4-6H2,1-3H3/q+1. The summed E-state index contributed by atoms with van der Waals surface area (Å²) in [6.45, 7) is 5.36. The van der Waals surface area contributed by atoms with Crippen LogP contribution in [-0.4, -0.2) is 7.11 Å². The molecule has 0 saturated heterocycles. The first-order valence-corrected chi connectivity index (χ1v) is 4.88.